The minimum atomic E-state index is -0.00152. The number of nitrogens with two attached hydrogens (primary N) is 1. The average Bonchev–Trinajstić information content (AvgIpc) is 2.47. The van der Waals surface area contributed by atoms with Gasteiger partial charge in [0.05, 0.1) is 5.69 Å². The van der Waals surface area contributed by atoms with Gasteiger partial charge in [0.1, 0.15) is 5.75 Å². The number of phenols is 1. The van der Waals surface area contributed by atoms with Gasteiger partial charge in [-0.3, -0.25) is 4.79 Å². The third-order valence-corrected chi connectivity index (χ3v) is 4.12. The lowest BCUT2D eigenvalue weighted by Gasteiger charge is -2.19. The first kappa shape index (κ1) is 12.8. The van der Waals surface area contributed by atoms with Crippen LogP contribution in [0.1, 0.15) is 29.5 Å². The number of phenolic OH excluding ortho intramolecular Hbond substituents is 1. The number of aromatic amines is 1. The second kappa shape index (κ2) is 4.71. The SMILES string of the molecule is Cc1ccc(-c2c[nH]c(=O)c3c2CCCC3)c(N)c1O. The van der Waals surface area contributed by atoms with E-state index in [4.69, 9.17) is 5.73 Å². The number of hydrogen-bond acceptors (Lipinski definition) is 3. The van der Waals surface area contributed by atoms with E-state index >= 15 is 0 Å². The first-order chi connectivity index (χ1) is 9.59. The van der Waals surface area contributed by atoms with Gasteiger partial charge in [-0.2, -0.15) is 0 Å². The van der Waals surface area contributed by atoms with Crippen LogP contribution in [0.5, 0.6) is 5.75 Å². The first-order valence-corrected chi connectivity index (χ1v) is 6.91. The molecule has 0 atom stereocenters. The zero-order valence-electron chi connectivity index (χ0n) is 11.5. The molecule has 0 unspecified atom stereocenters. The highest BCUT2D eigenvalue weighted by Gasteiger charge is 2.19. The van der Waals surface area contributed by atoms with Crippen LogP contribution < -0.4 is 11.3 Å². The van der Waals surface area contributed by atoms with Gasteiger partial charge in [-0.25, -0.2) is 0 Å². The maximum atomic E-state index is 11.9. The third kappa shape index (κ3) is 1.88. The number of aryl methyl sites for hydroxylation is 1. The quantitative estimate of drug-likeness (QED) is 0.550. The molecule has 1 aromatic heterocycles. The monoisotopic (exact) mass is 270 g/mol. The number of fused-ring (bicyclic) bond motifs is 1. The Morgan fingerprint density at radius 3 is 2.60 bits per heavy atom. The van der Waals surface area contributed by atoms with Crippen LogP contribution in [0.4, 0.5) is 5.69 Å². The Morgan fingerprint density at radius 2 is 1.85 bits per heavy atom. The number of aromatic hydroxyl groups is 1. The number of anilines is 1. The van der Waals surface area contributed by atoms with Crippen molar-refractivity contribution in [3.63, 3.8) is 0 Å². The van der Waals surface area contributed by atoms with E-state index in [0.717, 1.165) is 53.5 Å². The molecule has 0 saturated carbocycles. The topological polar surface area (TPSA) is 79.1 Å². The number of hydrogen-bond donors (Lipinski definition) is 3. The smallest absolute Gasteiger partial charge is 0.251 e. The molecule has 3 rings (SSSR count). The molecular weight excluding hydrogens is 252 g/mol. The van der Waals surface area contributed by atoms with Crippen LogP contribution in [0, 0.1) is 6.92 Å². The third-order valence-electron chi connectivity index (χ3n) is 4.12. The largest absolute Gasteiger partial charge is 0.505 e. The highest BCUT2D eigenvalue weighted by Crippen LogP contribution is 2.37. The lowest BCUT2D eigenvalue weighted by atomic mass is 9.87. The second-order valence-electron chi connectivity index (χ2n) is 5.39. The van der Waals surface area contributed by atoms with Gasteiger partial charge in [0.25, 0.3) is 5.56 Å². The molecule has 0 bridgehead atoms. The number of benzene rings is 1. The van der Waals surface area contributed by atoms with E-state index in [0.29, 0.717) is 5.69 Å². The lowest BCUT2D eigenvalue weighted by Crippen LogP contribution is -2.19. The van der Waals surface area contributed by atoms with Gasteiger partial charge in [-0.1, -0.05) is 12.1 Å². The first-order valence-electron chi connectivity index (χ1n) is 6.91. The second-order valence-corrected chi connectivity index (χ2v) is 5.39. The van der Waals surface area contributed by atoms with Crippen LogP contribution >= 0.6 is 0 Å². The van der Waals surface area contributed by atoms with E-state index in [9.17, 15) is 9.90 Å². The molecule has 20 heavy (non-hydrogen) atoms. The minimum Gasteiger partial charge on any atom is -0.505 e. The van der Waals surface area contributed by atoms with Crippen molar-refractivity contribution in [2.75, 3.05) is 5.73 Å². The van der Waals surface area contributed by atoms with Gasteiger partial charge in [-0.05, 0) is 43.7 Å². The molecule has 4 heteroatoms. The molecule has 0 amide bonds. The highest BCUT2D eigenvalue weighted by molar-refractivity contribution is 5.83. The Hall–Kier alpha value is -2.23. The summed E-state index contributed by atoms with van der Waals surface area (Å²) in [5.41, 5.74) is 10.9. The Bertz CT molecular complexity index is 732. The molecule has 2 aromatic rings. The van der Waals surface area contributed by atoms with Gasteiger partial charge >= 0.3 is 0 Å². The molecule has 1 aromatic carbocycles. The predicted octanol–water partition coefficient (Wildman–Crippen LogP) is 2.52. The average molecular weight is 270 g/mol. The molecule has 0 spiro atoms. The molecule has 1 aliphatic carbocycles. The minimum absolute atomic E-state index is 0.00152. The van der Waals surface area contributed by atoms with Crippen molar-refractivity contribution in [2.24, 2.45) is 0 Å². The van der Waals surface area contributed by atoms with Crippen molar-refractivity contribution in [3.8, 4) is 16.9 Å². The molecule has 0 radical (unpaired) electrons. The number of nitrogen functional groups attached to an aromatic ring is 1. The zero-order chi connectivity index (χ0) is 14.3. The van der Waals surface area contributed by atoms with E-state index in [-0.39, 0.29) is 11.3 Å². The fourth-order valence-electron chi connectivity index (χ4n) is 2.96. The molecule has 1 heterocycles. The van der Waals surface area contributed by atoms with Crippen molar-refractivity contribution in [1.82, 2.24) is 4.98 Å². The molecule has 1 aliphatic rings. The number of H-pyrrole nitrogens is 1. The van der Waals surface area contributed by atoms with Gasteiger partial charge in [-0.15, -0.1) is 0 Å². The van der Waals surface area contributed by atoms with Crippen LogP contribution in [0.3, 0.4) is 0 Å². The van der Waals surface area contributed by atoms with Crippen LogP contribution in [-0.4, -0.2) is 10.1 Å². The summed E-state index contributed by atoms with van der Waals surface area (Å²) in [5, 5.41) is 10.0. The Labute approximate surface area is 117 Å². The van der Waals surface area contributed by atoms with Crippen LogP contribution in [0.25, 0.3) is 11.1 Å². The molecule has 4 nitrogen and oxygen atoms in total. The number of rotatable bonds is 1. The van der Waals surface area contributed by atoms with E-state index in [2.05, 4.69) is 4.98 Å². The standard InChI is InChI=1S/C16H18N2O2/c1-9-6-7-11(14(17)15(9)19)13-8-18-16(20)12-5-3-2-4-10(12)13/h6-8,19H,2-5,17H2,1H3,(H,18,20). The molecular formula is C16H18N2O2. The van der Waals surface area contributed by atoms with Crippen molar-refractivity contribution in [2.45, 2.75) is 32.6 Å². The fraction of sp³-hybridized carbons (Fsp3) is 0.312. The van der Waals surface area contributed by atoms with Crippen molar-refractivity contribution < 1.29 is 5.11 Å². The number of pyridine rings is 1. The zero-order valence-corrected chi connectivity index (χ0v) is 11.5. The van der Waals surface area contributed by atoms with E-state index in [1.165, 1.54) is 0 Å². The summed E-state index contributed by atoms with van der Waals surface area (Å²) < 4.78 is 0. The van der Waals surface area contributed by atoms with Crippen LogP contribution in [0.15, 0.2) is 23.1 Å². The highest BCUT2D eigenvalue weighted by atomic mass is 16.3. The van der Waals surface area contributed by atoms with Gasteiger partial charge in [0.15, 0.2) is 0 Å². The van der Waals surface area contributed by atoms with E-state index in [1.807, 2.05) is 19.1 Å². The van der Waals surface area contributed by atoms with Crippen LogP contribution in [-0.2, 0) is 12.8 Å². The van der Waals surface area contributed by atoms with Crippen molar-refractivity contribution >= 4 is 5.69 Å². The maximum Gasteiger partial charge on any atom is 0.251 e. The summed E-state index contributed by atoms with van der Waals surface area (Å²) in [6.07, 6.45) is 5.56. The van der Waals surface area contributed by atoms with E-state index < -0.39 is 0 Å². The Balaban J connectivity index is 2.26. The fourth-order valence-corrected chi connectivity index (χ4v) is 2.96. The van der Waals surface area contributed by atoms with E-state index in [1.54, 1.807) is 6.20 Å². The van der Waals surface area contributed by atoms with Crippen molar-refractivity contribution in [1.29, 1.82) is 0 Å². The Kier molecular flexibility index (Phi) is 3.01. The van der Waals surface area contributed by atoms with Gasteiger partial charge in [0.2, 0.25) is 0 Å². The van der Waals surface area contributed by atoms with Gasteiger partial charge in [0, 0.05) is 22.9 Å². The molecule has 4 N–H and O–H groups in total. The van der Waals surface area contributed by atoms with Gasteiger partial charge < -0.3 is 15.8 Å². The predicted molar refractivity (Wildman–Crippen MR) is 80.0 cm³/mol. The molecule has 0 saturated heterocycles. The Morgan fingerprint density at radius 1 is 1.15 bits per heavy atom. The normalized spacial score (nSPS) is 14.1. The van der Waals surface area contributed by atoms with Crippen LogP contribution in [0.2, 0.25) is 0 Å². The summed E-state index contributed by atoms with van der Waals surface area (Å²) in [7, 11) is 0. The number of nitrogens with one attached hydrogen (secondary N) is 1. The summed E-state index contributed by atoms with van der Waals surface area (Å²) in [5.74, 6) is 0.123. The molecule has 0 fully saturated rings. The lowest BCUT2D eigenvalue weighted by molar-refractivity contribution is 0.474. The maximum absolute atomic E-state index is 11.9. The summed E-state index contributed by atoms with van der Waals surface area (Å²) in [4.78, 5) is 14.7. The summed E-state index contributed by atoms with van der Waals surface area (Å²) in [6.45, 7) is 1.82. The summed E-state index contributed by atoms with van der Waals surface area (Å²) in [6, 6.07) is 3.76. The molecule has 0 aliphatic heterocycles. The summed E-state index contributed by atoms with van der Waals surface area (Å²) >= 11 is 0. The number of aromatic nitrogens is 1. The van der Waals surface area contributed by atoms with Crippen molar-refractivity contribution in [3.05, 3.63) is 45.4 Å². The molecule has 104 valence electrons.